The van der Waals surface area contributed by atoms with Crippen LogP contribution in [0.2, 0.25) is 0 Å². The van der Waals surface area contributed by atoms with Gasteiger partial charge in [0.15, 0.2) is 0 Å². The summed E-state index contributed by atoms with van der Waals surface area (Å²) in [4.78, 5) is 14.3. The molecule has 19 heavy (non-hydrogen) atoms. The van der Waals surface area contributed by atoms with Crippen molar-refractivity contribution in [1.29, 1.82) is 0 Å². The summed E-state index contributed by atoms with van der Waals surface area (Å²) in [6.07, 6.45) is 3.37. The lowest BCUT2D eigenvalue weighted by molar-refractivity contribution is -0.126. The first kappa shape index (κ1) is 12.7. The van der Waals surface area contributed by atoms with Crippen molar-refractivity contribution in [3.05, 3.63) is 35.4 Å². The van der Waals surface area contributed by atoms with Crippen molar-refractivity contribution in [2.24, 2.45) is 11.7 Å². The van der Waals surface area contributed by atoms with Gasteiger partial charge in [-0.25, -0.2) is 0 Å². The van der Waals surface area contributed by atoms with Gasteiger partial charge in [-0.1, -0.05) is 29.8 Å². The van der Waals surface area contributed by atoms with E-state index < -0.39 is 0 Å². The van der Waals surface area contributed by atoms with E-state index in [0.29, 0.717) is 18.0 Å². The number of hydrogen-bond acceptors (Lipinski definition) is 2. The topological polar surface area (TPSA) is 46.3 Å². The zero-order valence-corrected chi connectivity index (χ0v) is 11.7. The van der Waals surface area contributed by atoms with Crippen molar-refractivity contribution >= 4 is 5.91 Å². The van der Waals surface area contributed by atoms with E-state index in [4.69, 9.17) is 5.73 Å². The zero-order chi connectivity index (χ0) is 13.6. The molecule has 2 fully saturated rings. The maximum atomic E-state index is 11.9. The fourth-order valence-corrected chi connectivity index (χ4v) is 4.01. The van der Waals surface area contributed by atoms with E-state index in [0.717, 1.165) is 12.8 Å². The van der Waals surface area contributed by atoms with Crippen molar-refractivity contribution < 1.29 is 4.79 Å². The molecule has 3 heteroatoms. The van der Waals surface area contributed by atoms with Crippen molar-refractivity contribution in [3.8, 4) is 0 Å². The monoisotopic (exact) mass is 258 g/mol. The van der Waals surface area contributed by atoms with Crippen molar-refractivity contribution in [2.75, 3.05) is 7.05 Å². The number of aryl methyl sites for hydroxylation is 1. The summed E-state index contributed by atoms with van der Waals surface area (Å²) in [7, 11) is 2.14. The number of carbonyl (C=O) groups is 1. The highest BCUT2D eigenvalue weighted by Gasteiger charge is 2.48. The molecule has 0 saturated carbocycles. The molecule has 3 nitrogen and oxygen atoms in total. The molecule has 0 radical (unpaired) electrons. The lowest BCUT2D eigenvalue weighted by atomic mass is 9.75. The van der Waals surface area contributed by atoms with Crippen LogP contribution in [0.4, 0.5) is 0 Å². The molecule has 2 aliphatic heterocycles. The van der Waals surface area contributed by atoms with Crippen LogP contribution < -0.4 is 5.73 Å². The summed E-state index contributed by atoms with van der Waals surface area (Å²) in [5, 5.41) is 0. The molecule has 4 atom stereocenters. The average Bonchev–Trinajstić information content (AvgIpc) is 2.63. The average molecular weight is 258 g/mol. The van der Waals surface area contributed by atoms with E-state index in [1.807, 2.05) is 0 Å². The minimum atomic E-state index is -0.136. The number of carbonyl (C=O) groups excluding carboxylic acids is 1. The van der Waals surface area contributed by atoms with Gasteiger partial charge in [0.2, 0.25) is 5.91 Å². The molecule has 2 heterocycles. The van der Waals surface area contributed by atoms with Crippen molar-refractivity contribution in [2.45, 2.75) is 44.2 Å². The molecule has 0 aromatic heterocycles. The number of amides is 1. The Morgan fingerprint density at radius 2 is 1.95 bits per heavy atom. The molecule has 2 bridgehead atoms. The Labute approximate surface area is 114 Å². The number of benzene rings is 1. The molecule has 0 spiro atoms. The van der Waals surface area contributed by atoms with E-state index in [1.165, 1.54) is 17.5 Å². The highest BCUT2D eigenvalue weighted by atomic mass is 16.1. The lowest BCUT2D eigenvalue weighted by Gasteiger charge is -2.41. The second-order valence-corrected chi connectivity index (χ2v) is 6.15. The molecule has 1 amide bonds. The number of primary amides is 1. The van der Waals surface area contributed by atoms with Crippen LogP contribution in [0, 0.1) is 12.8 Å². The molecule has 2 N–H and O–H groups in total. The van der Waals surface area contributed by atoms with Crippen LogP contribution in [0.5, 0.6) is 0 Å². The first-order valence-electron chi connectivity index (χ1n) is 7.15. The third-order valence-electron chi connectivity index (χ3n) is 5.10. The molecule has 2 aliphatic rings. The lowest BCUT2D eigenvalue weighted by Crippen LogP contribution is -2.50. The summed E-state index contributed by atoms with van der Waals surface area (Å²) >= 11 is 0. The van der Waals surface area contributed by atoms with E-state index in [-0.39, 0.29) is 11.8 Å². The Bertz CT molecular complexity index is 482. The standard InChI is InChI=1S/C16H22N2O/c1-10-3-5-11(6-4-10)13-9-12-7-8-14(18(12)2)15(13)16(17)19/h3-6,12-15H,7-9H2,1-2H3,(H2,17,19)/t12?,13-,14?,15?/m1/s1. The Morgan fingerprint density at radius 1 is 1.26 bits per heavy atom. The van der Waals surface area contributed by atoms with Crippen molar-refractivity contribution in [3.63, 3.8) is 0 Å². The first-order valence-corrected chi connectivity index (χ1v) is 7.15. The van der Waals surface area contributed by atoms with E-state index in [1.54, 1.807) is 0 Å². The van der Waals surface area contributed by atoms with Gasteiger partial charge >= 0.3 is 0 Å². The quantitative estimate of drug-likeness (QED) is 0.882. The van der Waals surface area contributed by atoms with Gasteiger partial charge in [-0.3, -0.25) is 9.69 Å². The maximum absolute atomic E-state index is 11.9. The van der Waals surface area contributed by atoms with Crippen molar-refractivity contribution in [1.82, 2.24) is 4.90 Å². The fraction of sp³-hybridized carbons (Fsp3) is 0.562. The highest BCUT2D eigenvalue weighted by molar-refractivity contribution is 5.79. The summed E-state index contributed by atoms with van der Waals surface area (Å²) < 4.78 is 0. The molecule has 1 aromatic rings. The predicted molar refractivity (Wildman–Crippen MR) is 75.8 cm³/mol. The van der Waals surface area contributed by atoms with Gasteiger partial charge in [0, 0.05) is 12.1 Å². The van der Waals surface area contributed by atoms with Gasteiger partial charge in [0.05, 0.1) is 5.92 Å². The summed E-state index contributed by atoms with van der Waals surface area (Å²) in [6.45, 7) is 2.09. The number of piperidine rings is 1. The maximum Gasteiger partial charge on any atom is 0.222 e. The Hall–Kier alpha value is -1.35. The Morgan fingerprint density at radius 3 is 2.58 bits per heavy atom. The van der Waals surface area contributed by atoms with Gasteiger partial charge in [0.1, 0.15) is 0 Å². The van der Waals surface area contributed by atoms with Crippen LogP contribution >= 0.6 is 0 Å². The Kier molecular flexibility index (Phi) is 3.09. The smallest absolute Gasteiger partial charge is 0.222 e. The van der Waals surface area contributed by atoms with E-state index in [9.17, 15) is 4.79 Å². The fourth-order valence-electron chi connectivity index (χ4n) is 4.01. The largest absolute Gasteiger partial charge is 0.369 e. The number of nitrogens with zero attached hydrogens (tertiary/aromatic N) is 1. The molecular formula is C16H22N2O. The van der Waals surface area contributed by atoms with Gasteiger partial charge in [0.25, 0.3) is 0 Å². The summed E-state index contributed by atoms with van der Waals surface area (Å²) in [6, 6.07) is 9.55. The van der Waals surface area contributed by atoms with Crippen LogP contribution in [0.25, 0.3) is 0 Å². The predicted octanol–water partition coefficient (Wildman–Crippen LogP) is 2.05. The van der Waals surface area contributed by atoms with Crippen LogP contribution in [0.15, 0.2) is 24.3 Å². The normalized spacial score (nSPS) is 34.4. The Balaban J connectivity index is 1.95. The highest BCUT2D eigenvalue weighted by Crippen LogP contribution is 2.45. The SMILES string of the molecule is Cc1ccc([C@H]2CC3CCC(C2C(N)=O)N3C)cc1. The molecule has 3 rings (SSSR count). The number of nitrogens with two attached hydrogens (primary N) is 1. The van der Waals surface area contributed by atoms with E-state index in [2.05, 4.69) is 43.1 Å². The molecular weight excluding hydrogens is 236 g/mol. The number of fused-ring (bicyclic) bond motifs is 2. The summed E-state index contributed by atoms with van der Waals surface area (Å²) in [5.74, 6) is 0.126. The first-order chi connectivity index (χ1) is 9.08. The van der Waals surface area contributed by atoms with Crippen LogP contribution in [-0.4, -0.2) is 29.9 Å². The molecule has 3 unspecified atom stereocenters. The van der Waals surface area contributed by atoms with Gasteiger partial charge in [-0.2, -0.15) is 0 Å². The molecule has 2 saturated heterocycles. The van der Waals surface area contributed by atoms with Crippen LogP contribution in [0.1, 0.15) is 36.3 Å². The third kappa shape index (κ3) is 2.06. The van der Waals surface area contributed by atoms with E-state index >= 15 is 0 Å². The molecule has 102 valence electrons. The molecule has 1 aromatic carbocycles. The van der Waals surface area contributed by atoms with Gasteiger partial charge < -0.3 is 5.73 Å². The molecule has 0 aliphatic carbocycles. The minimum absolute atomic E-state index is 0.0357. The van der Waals surface area contributed by atoms with Crippen LogP contribution in [-0.2, 0) is 4.79 Å². The second-order valence-electron chi connectivity index (χ2n) is 6.15. The number of hydrogen-bond donors (Lipinski definition) is 1. The van der Waals surface area contributed by atoms with Gasteiger partial charge in [-0.05, 0) is 44.7 Å². The van der Waals surface area contributed by atoms with Gasteiger partial charge in [-0.15, -0.1) is 0 Å². The van der Waals surface area contributed by atoms with Crippen LogP contribution in [0.3, 0.4) is 0 Å². The summed E-state index contributed by atoms with van der Waals surface area (Å²) in [5.41, 5.74) is 8.24. The zero-order valence-electron chi connectivity index (χ0n) is 11.7. The third-order valence-corrected chi connectivity index (χ3v) is 5.10. The second kappa shape index (κ2) is 4.64. The minimum Gasteiger partial charge on any atom is -0.369 e. The number of rotatable bonds is 2.